The summed E-state index contributed by atoms with van der Waals surface area (Å²) in [6.45, 7) is 9.04. The highest BCUT2D eigenvalue weighted by Gasteiger charge is 2.33. The molecule has 1 fully saturated rings. The summed E-state index contributed by atoms with van der Waals surface area (Å²) in [6, 6.07) is 0.889. The third-order valence-corrected chi connectivity index (χ3v) is 4.06. The SMILES string of the molecule is CCOc1c([C@H](C)NNC(=O)OC(C)(C)C)cc(Cl)c(F)c1[C@@H]1CNC(=O)O1. The second-order valence-electron chi connectivity index (χ2n) is 7.21. The quantitative estimate of drug-likeness (QED) is 0.610. The monoisotopic (exact) mass is 417 g/mol. The molecule has 0 spiro atoms. The van der Waals surface area contributed by atoms with E-state index in [1.165, 1.54) is 6.07 Å². The van der Waals surface area contributed by atoms with Gasteiger partial charge in [0.2, 0.25) is 0 Å². The summed E-state index contributed by atoms with van der Waals surface area (Å²) in [4.78, 5) is 23.3. The molecule has 0 saturated carbocycles. The van der Waals surface area contributed by atoms with Gasteiger partial charge in [-0.25, -0.2) is 19.4 Å². The molecule has 3 N–H and O–H groups in total. The standard InChI is InChI=1S/C18H25ClFN3O5/c1-6-26-15-10(9(2)22-23-17(25)28-18(3,4)5)7-11(19)14(20)13(15)12-8-21-16(24)27-12/h7,9,12,22H,6,8H2,1-5H3,(H,21,24)(H,23,25)/t9-,12-/m0/s1. The molecule has 1 aliphatic rings. The van der Waals surface area contributed by atoms with Crippen LogP contribution in [-0.2, 0) is 9.47 Å². The van der Waals surface area contributed by atoms with Crippen molar-refractivity contribution < 1.29 is 28.2 Å². The average Bonchev–Trinajstić information content (AvgIpc) is 3.00. The fourth-order valence-corrected chi connectivity index (χ4v) is 2.88. The Balaban J connectivity index is 2.31. The first-order valence-corrected chi connectivity index (χ1v) is 9.24. The maximum atomic E-state index is 14.8. The van der Waals surface area contributed by atoms with Crippen molar-refractivity contribution in [1.29, 1.82) is 0 Å². The number of cyclic esters (lactones) is 1. The van der Waals surface area contributed by atoms with E-state index >= 15 is 0 Å². The summed E-state index contributed by atoms with van der Waals surface area (Å²) in [5.41, 5.74) is 5.10. The van der Waals surface area contributed by atoms with Gasteiger partial charge in [-0.05, 0) is 40.7 Å². The normalized spacial score (nSPS) is 17.5. The number of amides is 2. The predicted molar refractivity (Wildman–Crippen MR) is 101 cm³/mol. The number of rotatable bonds is 6. The Morgan fingerprint density at radius 2 is 2.18 bits per heavy atom. The number of hydrazine groups is 1. The Morgan fingerprint density at radius 3 is 2.71 bits per heavy atom. The number of hydrogen-bond acceptors (Lipinski definition) is 6. The molecule has 0 aromatic heterocycles. The van der Waals surface area contributed by atoms with E-state index in [1.807, 2.05) is 0 Å². The van der Waals surface area contributed by atoms with Crippen LogP contribution >= 0.6 is 11.6 Å². The second-order valence-corrected chi connectivity index (χ2v) is 7.61. The fraction of sp³-hybridized carbons (Fsp3) is 0.556. The number of ether oxygens (including phenoxy) is 3. The van der Waals surface area contributed by atoms with Gasteiger partial charge in [0.25, 0.3) is 0 Å². The van der Waals surface area contributed by atoms with Gasteiger partial charge in [0.05, 0.1) is 29.8 Å². The molecule has 1 saturated heterocycles. The van der Waals surface area contributed by atoms with E-state index in [4.69, 9.17) is 25.8 Å². The van der Waals surface area contributed by atoms with Gasteiger partial charge in [0.15, 0.2) is 11.9 Å². The van der Waals surface area contributed by atoms with Crippen molar-refractivity contribution >= 4 is 23.8 Å². The largest absolute Gasteiger partial charge is 0.493 e. The van der Waals surface area contributed by atoms with Crippen molar-refractivity contribution in [1.82, 2.24) is 16.2 Å². The smallest absolute Gasteiger partial charge is 0.422 e. The Labute approximate surface area is 168 Å². The summed E-state index contributed by atoms with van der Waals surface area (Å²) in [7, 11) is 0. The molecule has 1 aliphatic heterocycles. The minimum absolute atomic E-state index is 0.0496. The van der Waals surface area contributed by atoms with Crippen molar-refractivity contribution in [3.8, 4) is 5.75 Å². The lowest BCUT2D eigenvalue weighted by Gasteiger charge is -2.24. The number of alkyl carbamates (subject to hydrolysis) is 1. The van der Waals surface area contributed by atoms with Crippen LogP contribution in [0.1, 0.15) is 57.9 Å². The fourth-order valence-electron chi connectivity index (χ4n) is 2.66. The van der Waals surface area contributed by atoms with Gasteiger partial charge in [-0.3, -0.25) is 5.43 Å². The van der Waals surface area contributed by atoms with E-state index in [1.54, 1.807) is 34.6 Å². The summed E-state index contributed by atoms with van der Waals surface area (Å²) < 4.78 is 30.7. The molecule has 1 heterocycles. The van der Waals surface area contributed by atoms with Crippen molar-refractivity contribution in [2.45, 2.75) is 52.4 Å². The molecule has 0 aliphatic carbocycles. The van der Waals surface area contributed by atoms with Gasteiger partial charge in [-0.15, -0.1) is 0 Å². The lowest BCUT2D eigenvalue weighted by molar-refractivity contribution is 0.0488. The van der Waals surface area contributed by atoms with E-state index in [2.05, 4.69) is 16.2 Å². The average molecular weight is 418 g/mol. The molecule has 0 unspecified atom stereocenters. The van der Waals surface area contributed by atoms with Gasteiger partial charge >= 0.3 is 12.2 Å². The zero-order chi connectivity index (χ0) is 21.1. The van der Waals surface area contributed by atoms with Crippen LogP contribution in [0.5, 0.6) is 5.75 Å². The van der Waals surface area contributed by atoms with Gasteiger partial charge < -0.3 is 19.5 Å². The van der Waals surface area contributed by atoms with Crippen molar-refractivity contribution in [3.63, 3.8) is 0 Å². The van der Waals surface area contributed by atoms with Gasteiger partial charge in [0, 0.05) is 5.56 Å². The first-order chi connectivity index (χ1) is 13.0. The van der Waals surface area contributed by atoms with Crippen molar-refractivity contribution in [3.05, 3.63) is 28.0 Å². The van der Waals surface area contributed by atoms with Gasteiger partial charge in [-0.2, -0.15) is 0 Å². The van der Waals surface area contributed by atoms with Crippen LogP contribution in [0.2, 0.25) is 5.02 Å². The van der Waals surface area contributed by atoms with E-state index in [0.717, 1.165) is 0 Å². The molecular weight excluding hydrogens is 393 g/mol. The molecular formula is C18H25ClFN3O5. The molecule has 1 aromatic carbocycles. The first kappa shape index (κ1) is 22.0. The maximum Gasteiger partial charge on any atom is 0.422 e. The van der Waals surface area contributed by atoms with Crippen LogP contribution in [0.4, 0.5) is 14.0 Å². The molecule has 0 bridgehead atoms. The summed E-state index contributed by atoms with van der Waals surface area (Å²) in [6.07, 6.45) is -2.19. The van der Waals surface area contributed by atoms with Gasteiger partial charge in [-0.1, -0.05) is 11.6 Å². The number of benzene rings is 1. The van der Waals surface area contributed by atoms with Crippen LogP contribution < -0.4 is 20.9 Å². The Morgan fingerprint density at radius 1 is 1.50 bits per heavy atom. The minimum atomic E-state index is -0.877. The van der Waals surface area contributed by atoms with E-state index < -0.39 is 35.8 Å². The Bertz CT molecular complexity index is 754. The molecule has 156 valence electrons. The van der Waals surface area contributed by atoms with E-state index in [9.17, 15) is 14.0 Å². The molecule has 28 heavy (non-hydrogen) atoms. The Kier molecular flexibility index (Phi) is 6.95. The maximum absolute atomic E-state index is 14.8. The van der Waals surface area contributed by atoms with E-state index in [0.29, 0.717) is 5.56 Å². The third kappa shape index (κ3) is 5.39. The zero-order valence-electron chi connectivity index (χ0n) is 16.4. The molecule has 2 atom stereocenters. The van der Waals surface area contributed by atoms with Crippen molar-refractivity contribution in [2.75, 3.05) is 13.2 Å². The van der Waals surface area contributed by atoms with Crippen LogP contribution in [-0.4, -0.2) is 30.9 Å². The summed E-state index contributed by atoms with van der Waals surface area (Å²) >= 11 is 6.07. The molecule has 2 amide bonds. The molecule has 1 aromatic rings. The summed E-state index contributed by atoms with van der Waals surface area (Å²) in [5, 5.41) is 2.33. The highest BCUT2D eigenvalue weighted by atomic mass is 35.5. The number of hydrogen-bond donors (Lipinski definition) is 3. The number of nitrogens with one attached hydrogen (secondary N) is 3. The number of halogens is 2. The molecule has 10 heteroatoms. The van der Waals surface area contributed by atoms with Crippen LogP contribution in [0.3, 0.4) is 0 Å². The van der Waals surface area contributed by atoms with E-state index in [-0.39, 0.29) is 29.5 Å². The predicted octanol–water partition coefficient (Wildman–Crippen LogP) is 3.75. The van der Waals surface area contributed by atoms with Crippen LogP contribution in [0.25, 0.3) is 0 Å². The zero-order valence-corrected chi connectivity index (χ0v) is 17.2. The first-order valence-electron chi connectivity index (χ1n) is 8.87. The second kappa shape index (κ2) is 8.83. The highest BCUT2D eigenvalue weighted by Crippen LogP contribution is 2.40. The minimum Gasteiger partial charge on any atom is -0.493 e. The number of carbonyl (C=O) groups is 2. The van der Waals surface area contributed by atoms with Crippen LogP contribution in [0, 0.1) is 5.82 Å². The van der Waals surface area contributed by atoms with Gasteiger partial charge in [0.1, 0.15) is 11.4 Å². The molecule has 0 radical (unpaired) electrons. The van der Waals surface area contributed by atoms with Crippen LogP contribution in [0.15, 0.2) is 6.07 Å². The van der Waals surface area contributed by atoms with Crippen molar-refractivity contribution in [2.24, 2.45) is 0 Å². The lowest BCUT2D eigenvalue weighted by Crippen LogP contribution is -2.42. The number of carbonyl (C=O) groups excluding carboxylic acids is 2. The Hall–Kier alpha value is -2.26. The lowest BCUT2D eigenvalue weighted by atomic mass is 9.99. The molecule has 2 rings (SSSR count). The third-order valence-electron chi connectivity index (χ3n) is 3.78. The highest BCUT2D eigenvalue weighted by molar-refractivity contribution is 6.31. The summed E-state index contributed by atoms with van der Waals surface area (Å²) in [5.74, 6) is -0.514. The molecule has 8 nitrogen and oxygen atoms in total. The topological polar surface area (TPSA) is 97.9 Å².